The fraction of sp³-hybridized carbons (Fsp3) is 0.111. The average molecular weight is 175 g/mol. The summed E-state index contributed by atoms with van der Waals surface area (Å²) < 4.78 is 0. The average Bonchev–Trinajstić information content (AvgIpc) is 2.03. The summed E-state index contributed by atoms with van der Waals surface area (Å²) in [7, 11) is 0. The minimum absolute atomic E-state index is 0.0504. The first-order valence-corrected chi connectivity index (χ1v) is 3.66. The van der Waals surface area contributed by atoms with Crippen molar-refractivity contribution in [3.8, 4) is 11.8 Å². The van der Waals surface area contributed by atoms with Crippen molar-refractivity contribution in [1.82, 2.24) is 4.98 Å². The summed E-state index contributed by atoms with van der Waals surface area (Å²) in [5.41, 5.74) is 11.6. The zero-order valence-corrected chi connectivity index (χ0v) is 6.95. The van der Waals surface area contributed by atoms with E-state index in [4.69, 9.17) is 11.5 Å². The lowest BCUT2D eigenvalue weighted by Crippen LogP contribution is -2.08. The van der Waals surface area contributed by atoms with Gasteiger partial charge in [-0.1, -0.05) is 11.8 Å². The van der Waals surface area contributed by atoms with Gasteiger partial charge in [-0.3, -0.25) is 9.78 Å². The Balaban J connectivity index is 2.72. The first-order chi connectivity index (χ1) is 6.18. The summed E-state index contributed by atoms with van der Waals surface area (Å²) in [6, 6.07) is 1.68. The molecule has 0 saturated carbocycles. The van der Waals surface area contributed by atoms with Crippen molar-refractivity contribution in [3.63, 3.8) is 0 Å². The van der Waals surface area contributed by atoms with Gasteiger partial charge in [-0.25, -0.2) is 0 Å². The number of nitrogen functional groups attached to an aromatic ring is 1. The topological polar surface area (TPSA) is 82.0 Å². The molecule has 0 radical (unpaired) electrons. The van der Waals surface area contributed by atoms with Crippen LogP contribution in [0.1, 0.15) is 12.0 Å². The number of nitrogens with two attached hydrogens (primary N) is 2. The second kappa shape index (κ2) is 4.12. The van der Waals surface area contributed by atoms with E-state index in [0.29, 0.717) is 11.3 Å². The van der Waals surface area contributed by atoms with Crippen molar-refractivity contribution in [2.24, 2.45) is 5.73 Å². The van der Waals surface area contributed by atoms with Gasteiger partial charge >= 0.3 is 0 Å². The van der Waals surface area contributed by atoms with Gasteiger partial charge in [0.15, 0.2) is 0 Å². The number of aromatic nitrogens is 1. The summed E-state index contributed by atoms with van der Waals surface area (Å²) in [5, 5.41) is 0. The van der Waals surface area contributed by atoms with Crippen molar-refractivity contribution in [2.45, 2.75) is 6.42 Å². The molecule has 0 aliphatic heterocycles. The fourth-order valence-corrected chi connectivity index (χ4v) is 0.759. The summed E-state index contributed by atoms with van der Waals surface area (Å²) in [5.74, 6) is 4.89. The largest absolute Gasteiger partial charge is 0.397 e. The normalized spacial score (nSPS) is 8.62. The molecule has 1 amide bonds. The maximum Gasteiger partial charge on any atom is 0.229 e. The monoisotopic (exact) mass is 175 g/mol. The van der Waals surface area contributed by atoms with Gasteiger partial charge in [0, 0.05) is 18.0 Å². The third-order valence-electron chi connectivity index (χ3n) is 1.25. The van der Waals surface area contributed by atoms with Gasteiger partial charge in [0.1, 0.15) is 0 Å². The smallest absolute Gasteiger partial charge is 0.229 e. The number of carbonyl (C=O) groups excluding carboxylic acids is 1. The molecule has 0 fully saturated rings. The van der Waals surface area contributed by atoms with Crippen LogP contribution in [0.2, 0.25) is 0 Å². The van der Waals surface area contributed by atoms with Crippen LogP contribution in [0.3, 0.4) is 0 Å². The van der Waals surface area contributed by atoms with E-state index >= 15 is 0 Å². The SMILES string of the molecule is NC(=O)CC#Cc1cncc(N)c1. The Kier molecular flexibility index (Phi) is 2.87. The second-order valence-corrected chi connectivity index (χ2v) is 2.45. The van der Waals surface area contributed by atoms with Gasteiger partial charge in [0.05, 0.1) is 12.1 Å². The molecule has 13 heavy (non-hydrogen) atoms. The Hall–Kier alpha value is -2.02. The number of rotatable bonds is 1. The molecule has 0 bridgehead atoms. The number of hydrogen-bond acceptors (Lipinski definition) is 3. The van der Waals surface area contributed by atoms with E-state index in [9.17, 15) is 4.79 Å². The molecule has 1 aromatic heterocycles. The van der Waals surface area contributed by atoms with E-state index in [0.717, 1.165) is 0 Å². The Labute approximate surface area is 76.0 Å². The van der Waals surface area contributed by atoms with Crippen LogP contribution in [-0.2, 0) is 4.79 Å². The highest BCUT2D eigenvalue weighted by atomic mass is 16.1. The zero-order chi connectivity index (χ0) is 9.68. The van der Waals surface area contributed by atoms with E-state index in [2.05, 4.69) is 16.8 Å². The third-order valence-corrected chi connectivity index (χ3v) is 1.25. The van der Waals surface area contributed by atoms with Gasteiger partial charge in [-0.05, 0) is 6.07 Å². The molecule has 1 rings (SSSR count). The zero-order valence-electron chi connectivity index (χ0n) is 6.95. The molecule has 66 valence electrons. The molecule has 4 heteroatoms. The van der Waals surface area contributed by atoms with Crippen molar-refractivity contribution >= 4 is 11.6 Å². The summed E-state index contributed by atoms with van der Waals surface area (Å²) >= 11 is 0. The fourth-order valence-electron chi connectivity index (χ4n) is 0.759. The van der Waals surface area contributed by atoms with Gasteiger partial charge in [-0.15, -0.1) is 0 Å². The quantitative estimate of drug-likeness (QED) is 0.584. The lowest BCUT2D eigenvalue weighted by atomic mass is 10.2. The number of pyridine rings is 1. The molecular formula is C9H9N3O. The van der Waals surface area contributed by atoms with E-state index in [1.807, 2.05) is 0 Å². The molecule has 0 unspecified atom stereocenters. The van der Waals surface area contributed by atoms with Gasteiger partial charge in [0.25, 0.3) is 0 Å². The Bertz CT molecular complexity index is 376. The Morgan fingerprint density at radius 2 is 2.31 bits per heavy atom. The maximum absolute atomic E-state index is 10.3. The number of amides is 1. The molecule has 1 aromatic rings. The minimum atomic E-state index is -0.440. The molecule has 0 spiro atoms. The van der Waals surface area contributed by atoms with Crippen molar-refractivity contribution in [3.05, 3.63) is 24.0 Å². The molecule has 0 atom stereocenters. The van der Waals surface area contributed by atoms with Crippen LogP contribution in [-0.4, -0.2) is 10.9 Å². The van der Waals surface area contributed by atoms with E-state index in [1.54, 1.807) is 12.3 Å². The van der Waals surface area contributed by atoms with Crippen LogP contribution in [0.15, 0.2) is 18.5 Å². The molecule has 4 N–H and O–H groups in total. The number of anilines is 1. The van der Waals surface area contributed by atoms with Crippen molar-refractivity contribution < 1.29 is 4.79 Å². The van der Waals surface area contributed by atoms with Crippen molar-refractivity contribution in [2.75, 3.05) is 5.73 Å². The first-order valence-electron chi connectivity index (χ1n) is 3.66. The van der Waals surface area contributed by atoms with Crippen LogP contribution in [0.5, 0.6) is 0 Å². The highest BCUT2D eigenvalue weighted by Crippen LogP contribution is 2.01. The standard InChI is InChI=1S/C9H9N3O/c10-8-4-7(5-12-6-8)2-1-3-9(11)13/h4-6H,3,10H2,(H2,11,13). The van der Waals surface area contributed by atoms with Crippen molar-refractivity contribution in [1.29, 1.82) is 0 Å². The molecule has 4 nitrogen and oxygen atoms in total. The first kappa shape index (κ1) is 9.07. The van der Waals surface area contributed by atoms with E-state index in [1.165, 1.54) is 6.20 Å². The molecule has 0 saturated heterocycles. The van der Waals surface area contributed by atoms with E-state index in [-0.39, 0.29) is 6.42 Å². The number of nitrogens with zero attached hydrogens (tertiary/aromatic N) is 1. The van der Waals surface area contributed by atoms with Crippen LogP contribution in [0.25, 0.3) is 0 Å². The second-order valence-electron chi connectivity index (χ2n) is 2.45. The molecule has 0 aliphatic rings. The summed E-state index contributed by atoms with van der Waals surface area (Å²) in [4.78, 5) is 14.2. The highest BCUT2D eigenvalue weighted by Gasteiger charge is 1.89. The minimum Gasteiger partial charge on any atom is -0.397 e. The van der Waals surface area contributed by atoms with Gasteiger partial charge < -0.3 is 11.5 Å². The van der Waals surface area contributed by atoms with Crippen LogP contribution in [0.4, 0.5) is 5.69 Å². The van der Waals surface area contributed by atoms with Gasteiger partial charge in [-0.2, -0.15) is 0 Å². The summed E-state index contributed by atoms with van der Waals surface area (Å²) in [6.07, 6.45) is 3.15. The highest BCUT2D eigenvalue weighted by molar-refractivity contribution is 5.76. The third kappa shape index (κ3) is 3.25. The Morgan fingerprint density at radius 3 is 2.92 bits per heavy atom. The van der Waals surface area contributed by atoms with Crippen LogP contribution in [0, 0.1) is 11.8 Å². The molecule has 1 heterocycles. The van der Waals surface area contributed by atoms with Gasteiger partial charge in [0.2, 0.25) is 5.91 Å². The predicted octanol–water partition coefficient (Wildman–Crippen LogP) is -0.109. The van der Waals surface area contributed by atoms with Crippen LogP contribution >= 0.6 is 0 Å². The summed E-state index contributed by atoms with van der Waals surface area (Å²) in [6.45, 7) is 0. The lowest BCUT2D eigenvalue weighted by Gasteiger charge is -1.91. The predicted molar refractivity (Wildman–Crippen MR) is 49.3 cm³/mol. The van der Waals surface area contributed by atoms with E-state index < -0.39 is 5.91 Å². The Morgan fingerprint density at radius 1 is 1.54 bits per heavy atom. The molecular weight excluding hydrogens is 166 g/mol. The number of hydrogen-bond donors (Lipinski definition) is 2. The maximum atomic E-state index is 10.3. The lowest BCUT2D eigenvalue weighted by molar-refractivity contribution is -0.117. The molecule has 0 aromatic carbocycles. The molecule has 0 aliphatic carbocycles. The number of primary amides is 1. The van der Waals surface area contributed by atoms with Crippen LogP contribution < -0.4 is 11.5 Å². The number of carbonyl (C=O) groups is 1.